The second-order valence-electron chi connectivity index (χ2n) is 3.00. The molecule has 12 heavy (non-hydrogen) atoms. The summed E-state index contributed by atoms with van der Waals surface area (Å²) in [6.07, 6.45) is 2.55. The molecule has 1 aliphatic rings. The highest BCUT2D eigenvalue weighted by atomic mass is 32.2. The van der Waals surface area contributed by atoms with E-state index in [1.54, 1.807) is 0 Å². The molecule has 0 aliphatic carbocycles. The summed E-state index contributed by atoms with van der Waals surface area (Å²) < 4.78 is 11.0. The van der Waals surface area contributed by atoms with Crippen LogP contribution >= 0.6 is 0 Å². The Balaban J connectivity index is 2.09. The molecule has 1 rings (SSSR count). The van der Waals surface area contributed by atoms with Crippen LogP contribution in [0.3, 0.4) is 0 Å². The van der Waals surface area contributed by atoms with Crippen LogP contribution in [0.1, 0.15) is 12.8 Å². The highest BCUT2D eigenvalue weighted by molar-refractivity contribution is 7.85. The molecule has 1 heterocycles. The van der Waals surface area contributed by atoms with Crippen molar-refractivity contribution < 1.29 is 9.00 Å². The van der Waals surface area contributed by atoms with E-state index in [0.717, 1.165) is 43.8 Å². The van der Waals surface area contributed by atoms with E-state index in [-0.39, 0.29) is 0 Å². The number of rotatable bonds is 4. The quantitative estimate of drug-likeness (QED) is 0.462. The molecule has 3 nitrogen and oxygen atoms in total. The van der Waals surface area contributed by atoms with E-state index in [9.17, 15) is 9.00 Å². The van der Waals surface area contributed by atoms with Crippen molar-refractivity contribution in [3.8, 4) is 0 Å². The first kappa shape index (κ1) is 9.86. The average Bonchev–Trinajstić information content (AvgIpc) is 2.09. The van der Waals surface area contributed by atoms with Crippen LogP contribution in [0.5, 0.6) is 0 Å². The molecule has 1 fully saturated rings. The monoisotopic (exact) mass is 189 g/mol. The molecule has 0 radical (unpaired) electrons. The van der Waals surface area contributed by atoms with Crippen molar-refractivity contribution in [2.75, 3.05) is 31.1 Å². The molecular weight excluding hydrogens is 174 g/mol. The Kier molecular flexibility index (Phi) is 4.46. The average molecular weight is 189 g/mol. The Bertz CT molecular complexity index is 162. The smallest absolute Gasteiger partial charge is 0.120 e. The van der Waals surface area contributed by atoms with Crippen LogP contribution in [-0.2, 0) is 15.6 Å². The fraction of sp³-hybridized carbons (Fsp3) is 0.875. The Morgan fingerprint density at radius 3 is 2.58 bits per heavy atom. The summed E-state index contributed by atoms with van der Waals surface area (Å²) in [6, 6.07) is 0. The van der Waals surface area contributed by atoms with Crippen molar-refractivity contribution in [2.45, 2.75) is 12.8 Å². The third-order valence-electron chi connectivity index (χ3n) is 2.07. The Hall–Kier alpha value is -0.220. The van der Waals surface area contributed by atoms with Crippen molar-refractivity contribution in [2.24, 2.45) is 0 Å². The number of nitrogens with zero attached hydrogens (tertiary/aromatic N) is 1. The number of aldehydes is 1. The molecule has 0 bridgehead atoms. The molecule has 0 aromatic carbocycles. The number of hydrogen-bond acceptors (Lipinski definition) is 3. The Labute approximate surface area is 75.6 Å². The normalized spacial score (nSPS) is 21.0. The van der Waals surface area contributed by atoms with Gasteiger partial charge >= 0.3 is 0 Å². The highest BCUT2D eigenvalue weighted by Crippen LogP contribution is 2.01. The zero-order chi connectivity index (χ0) is 8.81. The molecule has 4 heteroatoms. The maximum atomic E-state index is 11.0. The van der Waals surface area contributed by atoms with Gasteiger partial charge in [0.05, 0.1) is 0 Å². The van der Waals surface area contributed by atoms with Gasteiger partial charge in [0.1, 0.15) is 6.29 Å². The maximum absolute atomic E-state index is 11.0. The first-order chi connectivity index (χ1) is 5.83. The van der Waals surface area contributed by atoms with E-state index in [4.69, 9.17) is 0 Å². The van der Waals surface area contributed by atoms with Gasteiger partial charge in [-0.15, -0.1) is 0 Å². The summed E-state index contributed by atoms with van der Waals surface area (Å²) in [5, 5.41) is 0. The predicted octanol–water partition coefficient (Wildman–Crippen LogP) is 0.0298. The van der Waals surface area contributed by atoms with E-state index in [1.807, 2.05) is 0 Å². The lowest BCUT2D eigenvalue weighted by molar-refractivity contribution is -0.108. The summed E-state index contributed by atoms with van der Waals surface area (Å²) in [5.41, 5.74) is 0. The number of carbonyl (C=O) groups excluding carboxylic acids is 1. The third-order valence-corrected chi connectivity index (χ3v) is 3.34. The van der Waals surface area contributed by atoms with Crippen LogP contribution < -0.4 is 0 Å². The molecule has 0 atom stereocenters. The van der Waals surface area contributed by atoms with Gasteiger partial charge in [-0.25, -0.2) is 0 Å². The Morgan fingerprint density at radius 2 is 2.00 bits per heavy atom. The lowest BCUT2D eigenvalue weighted by atomic mass is 10.3. The first-order valence-electron chi connectivity index (χ1n) is 4.34. The molecule has 0 unspecified atom stereocenters. The summed E-state index contributed by atoms with van der Waals surface area (Å²) in [4.78, 5) is 12.3. The van der Waals surface area contributed by atoms with Gasteiger partial charge in [-0.3, -0.25) is 4.21 Å². The van der Waals surface area contributed by atoms with Crippen LogP contribution in [-0.4, -0.2) is 46.5 Å². The van der Waals surface area contributed by atoms with E-state index < -0.39 is 10.8 Å². The predicted molar refractivity (Wildman–Crippen MR) is 49.6 cm³/mol. The van der Waals surface area contributed by atoms with Crippen LogP contribution in [0, 0.1) is 0 Å². The zero-order valence-corrected chi connectivity index (χ0v) is 8.02. The van der Waals surface area contributed by atoms with Crippen molar-refractivity contribution in [3.63, 3.8) is 0 Å². The summed E-state index contributed by atoms with van der Waals surface area (Å²) in [5.74, 6) is 1.61. The molecular formula is C8H15NO2S. The van der Waals surface area contributed by atoms with Gasteiger partial charge in [-0.2, -0.15) is 0 Å². The molecule has 1 saturated heterocycles. The molecule has 0 aromatic rings. The first-order valence-corrected chi connectivity index (χ1v) is 5.82. The maximum Gasteiger partial charge on any atom is 0.120 e. The zero-order valence-electron chi connectivity index (χ0n) is 7.20. The minimum Gasteiger partial charge on any atom is -0.303 e. The van der Waals surface area contributed by atoms with Crippen molar-refractivity contribution in [3.05, 3.63) is 0 Å². The standard InChI is InChI=1S/C8H15NO2S/c10-6-2-1-3-9-4-7-12(11)8-5-9/h6H,1-5,7-8H2. The van der Waals surface area contributed by atoms with Crippen LogP contribution in [0.25, 0.3) is 0 Å². The lowest BCUT2D eigenvalue weighted by Gasteiger charge is -2.25. The largest absolute Gasteiger partial charge is 0.303 e. The molecule has 70 valence electrons. The molecule has 0 aromatic heterocycles. The van der Waals surface area contributed by atoms with Gasteiger partial charge in [0.25, 0.3) is 0 Å². The van der Waals surface area contributed by atoms with Gasteiger partial charge in [-0.1, -0.05) is 0 Å². The van der Waals surface area contributed by atoms with Gasteiger partial charge in [0.15, 0.2) is 0 Å². The molecule has 0 amide bonds. The summed E-state index contributed by atoms with van der Waals surface area (Å²) in [7, 11) is -0.579. The van der Waals surface area contributed by atoms with E-state index in [0.29, 0.717) is 6.42 Å². The third kappa shape index (κ3) is 3.45. The fourth-order valence-electron chi connectivity index (χ4n) is 1.30. The van der Waals surface area contributed by atoms with E-state index >= 15 is 0 Å². The van der Waals surface area contributed by atoms with Crippen molar-refractivity contribution in [1.82, 2.24) is 4.90 Å². The second-order valence-corrected chi connectivity index (χ2v) is 4.69. The van der Waals surface area contributed by atoms with E-state index in [2.05, 4.69) is 4.90 Å². The number of hydrogen-bond donors (Lipinski definition) is 0. The molecule has 0 N–H and O–H groups in total. The summed E-state index contributed by atoms with van der Waals surface area (Å²) >= 11 is 0. The number of unbranched alkanes of at least 4 members (excludes halogenated alkanes) is 1. The van der Waals surface area contributed by atoms with E-state index in [1.165, 1.54) is 0 Å². The fourth-order valence-corrected chi connectivity index (χ4v) is 2.43. The van der Waals surface area contributed by atoms with Gasteiger partial charge in [0.2, 0.25) is 0 Å². The highest BCUT2D eigenvalue weighted by Gasteiger charge is 2.13. The molecule has 1 aliphatic heterocycles. The Morgan fingerprint density at radius 1 is 1.33 bits per heavy atom. The lowest BCUT2D eigenvalue weighted by Crippen LogP contribution is -2.38. The minimum atomic E-state index is -0.579. The van der Waals surface area contributed by atoms with Crippen LogP contribution in [0.2, 0.25) is 0 Å². The molecule has 0 spiro atoms. The number of carbonyl (C=O) groups is 1. The second kappa shape index (κ2) is 5.43. The van der Waals surface area contributed by atoms with Gasteiger partial charge in [-0.05, 0) is 13.0 Å². The van der Waals surface area contributed by atoms with Gasteiger partial charge < -0.3 is 9.69 Å². The van der Waals surface area contributed by atoms with Gasteiger partial charge in [0, 0.05) is 41.8 Å². The van der Waals surface area contributed by atoms with Crippen LogP contribution in [0.15, 0.2) is 0 Å². The SMILES string of the molecule is O=CCCCN1CCS(=O)CC1. The van der Waals surface area contributed by atoms with Crippen LogP contribution in [0.4, 0.5) is 0 Å². The molecule has 0 saturated carbocycles. The van der Waals surface area contributed by atoms with Crippen molar-refractivity contribution >= 4 is 17.1 Å². The van der Waals surface area contributed by atoms with Crippen molar-refractivity contribution in [1.29, 1.82) is 0 Å². The topological polar surface area (TPSA) is 37.4 Å². The summed E-state index contributed by atoms with van der Waals surface area (Å²) in [6.45, 7) is 2.85. The minimum absolute atomic E-state index is 0.579.